The van der Waals surface area contributed by atoms with E-state index in [0.29, 0.717) is 15.6 Å². The predicted molar refractivity (Wildman–Crippen MR) is 153 cm³/mol. The molecule has 2 atom stereocenters. The fourth-order valence-corrected chi connectivity index (χ4v) is 7.25. The third-order valence-corrected chi connectivity index (χ3v) is 9.39. The van der Waals surface area contributed by atoms with Crippen LogP contribution in [-0.2, 0) is 16.1 Å². The Morgan fingerprint density at radius 3 is 1.65 bits per heavy atom. The molecule has 1 saturated heterocycles. The van der Waals surface area contributed by atoms with Gasteiger partial charge in [0.15, 0.2) is 0 Å². The van der Waals surface area contributed by atoms with Crippen LogP contribution in [0.25, 0.3) is 0 Å². The largest absolute Gasteiger partial charge is 0.274 e. The number of benzene rings is 4. The molecule has 3 aliphatic carbocycles. The van der Waals surface area contributed by atoms with Crippen molar-refractivity contribution in [2.45, 2.75) is 18.4 Å². The van der Waals surface area contributed by atoms with Gasteiger partial charge in [-0.3, -0.25) is 14.4 Å². The SMILES string of the molecule is O=C(c1ccccc1Cl)N(Cc1ccc(Cl)c(Cl)c1)N1C(=O)[C@H]2C3c4ccccc4C(c4ccccc43)[C@@H]2C1=O. The highest BCUT2D eigenvalue weighted by Gasteiger charge is 2.63. The highest BCUT2D eigenvalue weighted by molar-refractivity contribution is 6.42. The summed E-state index contributed by atoms with van der Waals surface area (Å²) in [7, 11) is 0. The van der Waals surface area contributed by atoms with Crippen LogP contribution in [0, 0.1) is 11.8 Å². The van der Waals surface area contributed by atoms with E-state index in [2.05, 4.69) is 0 Å². The fraction of sp³-hybridized carbons (Fsp3) is 0.156. The molecular weight excluding hydrogens is 567 g/mol. The second-order valence-electron chi connectivity index (χ2n) is 10.3. The van der Waals surface area contributed by atoms with Crippen LogP contribution in [0.3, 0.4) is 0 Å². The second kappa shape index (κ2) is 9.48. The van der Waals surface area contributed by atoms with Gasteiger partial charge in [-0.15, -0.1) is 0 Å². The predicted octanol–water partition coefficient (Wildman–Crippen LogP) is 7.10. The van der Waals surface area contributed by atoms with Crippen LogP contribution in [0.1, 0.15) is 50.0 Å². The van der Waals surface area contributed by atoms with E-state index in [0.717, 1.165) is 27.3 Å². The van der Waals surface area contributed by atoms with Crippen LogP contribution < -0.4 is 0 Å². The average Bonchev–Trinajstić information content (AvgIpc) is 3.23. The maximum atomic E-state index is 14.4. The van der Waals surface area contributed by atoms with Gasteiger partial charge in [0, 0.05) is 11.8 Å². The van der Waals surface area contributed by atoms with Gasteiger partial charge in [0.2, 0.25) is 0 Å². The Bertz CT molecular complexity index is 1620. The first-order valence-corrected chi connectivity index (χ1v) is 14.1. The number of hydrogen-bond acceptors (Lipinski definition) is 3. The summed E-state index contributed by atoms with van der Waals surface area (Å²) in [6, 6.07) is 27.6. The highest BCUT2D eigenvalue weighted by atomic mass is 35.5. The summed E-state index contributed by atoms with van der Waals surface area (Å²) in [5.41, 5.74) is 5.04. The van der Waals surface area contributed by atoms with Crippen molar-refractivity contribution in [3.8, 4) is 0 Å². The molecule has 0 radical (unpaired) electrons. The van der Waals surface area contributed by atoms with E-state index in [1.54, 1.807) is 42.5 Å². The summed E-state index contributed by atoms with van der Waals surface area (Å²) < 4.78 is 0. The van der Waals surface area contributed by atoms with E-state index in [1.165, 1.54) is 5.01 Å². The van der Waals surface area contributed by atoms with E-state index in [-0.39, 0.29) is 29.0 Å². The molecule has 0 saturated carbocycles. The first kappa shape index (κ1) is 25.3. The Kier molecular flexibility index (Phi) is 6.00. The van der Waals surface area contributed by atoms with Crippen LogP contribution in [0.2, 0.25) is 15.1 Å². The van der Waals surface area contributed by atoms with Gasteiger partial charge in [-0.1, -0.05) is 102 Å². The van der Waals surface area contributed by atoms with Crippen LogP contribution in [0.5, 0.6) is 0 Å². The van der Waals surface area contributed by atoms with Crippen LogP contribution in [-0.4, -0.2) is 27.7 Å². The van der Waals surface area contributed by atoms with E-state index < -0.39 is 29.6 Å². The Labute approximate surface area is 245 Å². The first-order chi connectivity index (χ1) is 19.4. The van der Waals surface area contributed by atoms with Crippen molar-refractivity contribution in [1.29, 1.82) is 0 Å². The van der Waals surface area contributed by atoms with Gasteiger partial charge in [0.25, 0.3) is 17.7 Å². The summed E-state index contributed by atoms with van der Waals surface area (Å²) in [6.45, 7) is -0.0763. The minimum absolute atomic E-state index is 0.0763. The quantitative estimate of drug-likeness (QED) is 0.239. The van der Waals surface area contributed by atoms with Gasteiger partial charge >= 0.3 is 0 Å². The number of nitrogens with zero attached hydrogens (tertiary/aromatic N) is 2. The molecule has 0 unspecified atom stereocenters. The molecule has 3 amide bonds. The minimum atomic E-state index is -0.627. The van der Waals surface area contributed by atoms with E-state index in [1.807, 2.05) is 48.5 Å². The van der Waals surface area contributed by atoms with Gasteiger partial charge in [-0.25, -0.2) is 5.01 Å². The zero-order valence-corrected chi connectivity index (χ0v) is 23.2. The van der Waals surface area contributed by atoms with Gasteiger partial charge in [-0.2, -0.15) is 5.01 Å². The maximum Gasteiger partial charge on any atom is 0.274 e. The number of carbonyl (C=O) groups is 3. The number of amides is 3. The van der Waals surface area contributed by atoms with E-state index in [9.17, 15) is 14.4 Å². The Morgan fingerprint density at radius 1 is 0.650 bits per heavy atom. The smallest absolute Gasteiger partial charge is 0.272 e. The number of halogens is 3. The third-order valence-electron chi connectivity index (χ3n) is 8.32. The summed E-state index contributed by atoms with van der Waals surface area (Å²) in [4.78, 5) is 42.8. The molecule has 1 fully saturated rings. The molecule has 4 aliphatic rings. The van der Waals surface area contributed by atoms with Crippen molar-refractivity contribution in [2.75, 3.05) is 0 Å². The maximum absolute atomic E-state index is 14.4. The van der Waals surface area contributed by atoms with Crippen molar-refractivity contribution in [3.05, 3.63) is 139 Å². The van der Waals surface area contributed by atoms with Crippen molar-refractivity contribution in [1.82, 2.24) is 10.0 Å². The minimum Gasteiger partial charge on any atom is -0.272 e. The van der Waals surface area contributed by atoms with Gasteiger partial charge in [0.05, 0.1) is 39.0 Å². The van der Waals surface area contributed by atoms with Crippen LogP contribution in [0.15, 0.2) is 91.0 Å². The molecule has 4 aromatic carbocycles. The number of imide groups is 1. The molecule has 0 aromatic heterocycles. The number of carbonyl (C=O) groups excluding carboxylic acids is 3. The summed E-state index contributed by atoms with van der Waals surface area (Å²) >= 11 is 18.8. The first-order valence-electron chi connectivity index (χ1n) is 12.9. The molecule has 8 rings (SSSR count). The Hall–Kier alpha value is -3.64. The average molecular weight is 588 g/mol. The highest BCUT2D eigenvalue weighted by Crippen LogP contribution is 2.61. The molecule has 4 aromatic rings. The molecule has 1 aliphatic heterocycles. The molecule has 1 heterocycles. The second-order valence-corrected chi connectivity index (χ2v) is 11.6. The van der Waals surface area contributed by atoms with Crippen molar-refractivity contribution < 1.29 is 14.4 Å². The normalized spacial score (nSPS) is 22.1. The number of hydrazine groups is 1. The molecule has 40 heavy (non-hydrogen) atoms. The molecule has 198 valence electrons. The molecule has 8 heteroatoms. The zero-order chi connectivity index (χ0) is 27.7. The van der Waals surface area contributed by atoms with E-state index >= 15 is 0 Å². The van der Waals surface area contributed by atoms with Gasteiger partial charge in [-0.05, 0) is 52.1 Å². The lowest BCUT2D eigenvalue weighted by atomic mass is 9.55. The Balaban J connectivity index is 1.36. The number of hydrogen-bond donors (Lipinski definition) is 0. The monoisotopic (exact) mass is 586 g/mol. The molecular formula is C32H21Cl3N2O3. The molecule has 0 spiro atoms. The van der Waals surface area contributed by atoms with Crippen molar-refractivity contribution in [2.24, 2.45) is 11.8 Å². The van der Waals surface area contributed by atoms with Crippen LogP contribution >= 0.6 is 34.8 Å². The zero-order valence-electron chi connectivity index (χ0n) is 20.9. The van der Waals surface area contributed by atoms with Crippen molar-refractivity contribution >= 4 is 52.5 Å². The van der Waals surface area contributed by atoms with Crippen molar-refractivity contribution in [3.63, 3.8) is 0 Å². The van der Waals surface area contributed by atoms with Gasteiger partial charge in [0.1, 0.15) is 0 Å². The number of rotatable bonds is 4. The topological polar surface area (TPSA) is 57.7 Å². The lowest BCUT2D eigenvalue weighted by Crippen LogP contribution is -2.50. The van der Waals surface area contributed by atoms with E-state index in [4.69, 9.17) is 34.8 Å². The van der Waals surface area contributed by atoms with Crippen LogP contribution in [0.4, 0.5) is 0 Å². The molecule has 2 bridgehead atoms. The Morgan fingerprint density at radius 2 is 1.15 bits per heavy atom. The summed E-state index contributed by atoms with van der Waals surface area (Å²) in [5, 5.41) is 3.16. The third kappa shape index (κ3) is 3.65. The summed E-state index contributed by atoms with van der Waals surface area (Å²) in [5.74, 6) is -3.17. The van der Waals surface area contributed by atoms with Gasteiger partial charge < -0.3 is 0 Å². The molecule has 0 N–H and O–H groups in total. The lowest BCUT2D eigenvalue weighted by Gasteiger charge is -2.45. The molecule has 5 nitrogen and oxygen atoms in total. The standard InChI is InChI=1S/C32H21Cl3N2O3/c33-23-12-6-5-11-22(23)30(38)36(16-17-13-14-24(34)25(35)15-17)37-31(39)28-26-18-7-1-2-8-19(18)27(29(28)32(37)40)21-10-4-3-9-20(21)26/h1-15,26-29H,16H2/t26?,27?,28-,29-/m0/s1. The lowest BCUT2D eigenvalue weighted by molar-refractivity contribution is -0.155. The fourth-order valence-electron chi connectivity index (χ4n) is 6.72. The summed E-state index contributed by atoms with van der Waals surface area (Å²) in [6.07, 6.45) is 0.